The van der Waals surface area contributed by atoms with Crippen molar-refractivity contribution in [1.82, 2.24) is 9.55 Å². The summed E-state index contributed by atoms with van der Waals surface area (Å²) in [6.45, 7) is 3.73. The molecular formula is C18H18N2O4S2. The van der Waals surface area contributed by atoms with Crippen LogP contribution in [-0.4, -0.2) is 26.4 Å². The number of rotatable bonds is 5. The molecule has 0 spiro atoms. The molecule has 3 aromatic rings. The molecule has 1 heterocycles. The molecular weight excluding hydrogens is 372 g/mol. The summed E-state index contributed by atoms with van der Waals surface area (Å²) in [5.41, 5.74) is 1.90. The standard InChI is InChI=1S/C18H18N2O4S2/c1-14-3-7-16(8-4-14)25(21,22)13-20-11-18(19-12-20)26(23,24)17-9-5-15(2)6-10-17/h3-12H,13H2,1-2H3. The zero-order valence-corrected chi connectivity index (χ0v) is 16.0. The minimum atomic E-state index is -3.79. The Hall–Kier alpha value is -2.45. The van der Waals surface area contributed by atoms with Crippen LogP contribution in [0.15, 0.2) is 75.9 Å². The Labute approximate surface area is 153 Å². The van der Waals surface area contributed by atoms with E-state index in [1.54, 1.807) is 24.3 Å². The van der Waals surface area contributed by atoms with Crippen molar-refractivity contribution in [2.24, 2.45) is 0 Å². The lowest BCUT2D eigenvalue weighted by Crippen LogP contribution is -2.10. The second-order valence-electron chi connectivity index (χ2n) is 6.10. The lowest BCUT2D eigenvalue weighted by molar-refractivity contribution is 0.582. The van der Waals surface area contributed by atoms with Crippen molar-refractivity contribution in [3.63, 3.8) is 0 Å². The first kappa shape index (κ1) is 18.3. The molecule has 0 aliphatic carbocycles. The van der Waals surface area contributed by atoms with Gasteiger partial charge >= 0.3 is 0 Å². The van der Waals surface area contributed by atoms with Crippen LogP contribution >= 0.6 is 0 Å². The van der Waals surface area contributed by atoms with Crippen molar-refractivity contribution in [3.8, 4) is 0 Å². The fourth-order valence-corrected chi connectivity index (χ4v) is 4.83. The summed E-state index contributed by atoms with van der Waals surface area (Å²) in [6, 6.07) is 12.9. The molecule has 136 valence electrons. The van der Waals surface area contributed by atoms with Gasteiger partial charge in [-0.1, -0.05) is 35.4 Å². The summed E-state index contributed by atoms with van der Waals surface area (Å²) in [5.74, 6) is -0.382. The number of hydrogen-bond acceptors (Lipinski definition) is 5. The van der Waals surface area contributed by atoms with E-state index in [1.807, 2.05) is 13.8 Å². The monoisotopic (exact) mass is 390 g/mol. The van der Waals surface area contributed by atoms with Crippen molar-refractivity contribution in [2.75, 3.05) is 0 Å². The van der Waals surface area contributed by atoms with E-state index in [0.29, 0.717) is 0 Å². The zero-order chi connectivity index (χ0) is 18.9. The number of sulfone groups is 2. The van der Waals surface area contributed by atoms with Gasteiger partial charge in [-0.3, -0.25) is 0 Å². The van der Waals surface area contributed by atoms with Crippen LogP contribution in [0.3, 0.4) is 0 Å². The average molecular weight is 390 g/mol. The van der Waals surface area contributed by atoms with Crippen LogP contribution in [0, 0.1) is 13.8 Å². The Morgan fingerprint density at radius 2 is 1.31 bits per heavy atom. The van der Waals surface area contributed by atoms with E-state index in [1.165, 1.54) is 41.4 Å². The molecule has 2 aromatic carbocycles. The number of aryl methyl sites for hydroxylation is 2. The normalized spacial score (nSPS) is 12.2. The third kappa shape index (κ3) is 3.71. The predicted molar refractivity (Wildman–Crippen MR) is 97.2 cm³/mol. The molecule has 0 bridgehead atoms. The van der Waals surface area contributed by atoms with E-state index in [4.69, 9.17) is 0 Å². The Balaban J connectivity index is 1.88. The third-order valence-electron chi connectivity index (χ3n) is 3.92. The zero-order valence-electron chi connectivity index (χ0n) is 14.3. The fourth-order valence-electron chi connectivity index (χ4n) is 2.40. The fraction of sp³-hybridized carbons (Fsp3) is 0.167. The molecule has 3 rings (SSSR count). The van der Waals surface area contributed by atoms with Crippen molar-refractivity contribution < 1.29 is 16.8 Å². The smallest absolute Gasteiger partial charge is 0.225 e. The van der Waals surface area contributed by atoms with Gasteiger partial charge in [0.15, 0.2) is 14.9 Å². The van der Waals surface area contributed by atoms with E-state index in [9.17, 15) is 16.8 Å². The van der Waals surface area contributed by atoms with Gasteiger partial charge in [-0.2, -0.15) is 0 Å². The van der Waals surface area contributed by atoms with Crippen molar-refractivity contribution in [1.29, 1.82) is 0 Å². The highest BCUT2D eigenvalue weighted by Crippen LogP contribution is 2.20. The highest BCUT2D eigenvalue weighted by Gasteiger charge is 2.22. The van der Waals surface area contributed by atoms with Crippen molar-refractivity contribution in [2.45, 2.75) is 34.5 Å². The summed E-state index contributed by atoms with van der Waals surface area (Å²) in [6.07, 6.45) is 2.45. The highest BCUT2D eigenvalue weighted by atomic mass is 32.2. The Bertz CT molecular complexity index is 1130. The molecule has 0 aliphatic rings. The van der Waals surface area contributed by atoms with Gasteiger partial charge in [-0.25, -0.2) is 21.8 Å². The molecule has 0 amide bonds. The molecule has 0 N–H and O–H groups in total. The molecule has 0 unspecified atom stereocenters. The maximum atomic E-state index is 12.6. The van der Waals surface area contributed by atoms with Crippen LogP contribution in [0.25, 0.3) is 0 Å². The largest absolute Gasteiger partial charge is 0.321 e. The Morgan fingerprint density at radius 1 is 0.808 bits per heavy atom. The van der Waals surface area contributed by atoms with Crippen LogP contribution in [0.1, 0.15) is 11.1 Å². The van der Waals surface area contributed by atoms with Gasteiger partial charge < -0.3 is 4.57 Å². The Morgan fingerprint density at radius 3 is 1.85 bits per heavy atom. The second kappa shape index (κ2) is 6.69. The van der Waals surface area contributed by atoms with E-state index in [0.717, 1.165) is 11.1 Å². The molecule has 1 aromatic heterocycles. The van der Waals surface area contributed by atoms with Gasteiger partial charge in [0.05, 0.1) is 16.1 Å². The third-order valence-corrected chi connectivity index (χ3v) is 7.20. The van der Waals surface area contributed by atoms with Crippen LogP contribution in [0.5, 0.6) is 0 Å². The lowest BCUT2D eigenvalue weighted by Gasteiger charge is -2.05. The van der Waals surface area contributed by atoms with Gasteiger partial charge in [0.25, 0.3) is 0 Å². The first-order valence-electron chi connectivity index (χ1n) is 7.81. The summed E-state index contributed by atoms with van der Waals surface area (Å²) in [7, 11) is -7.39. The summed E-state index contributed by atoms with van der Waals surface area (Å²) >= 11 is 0. The molecule has 0 atom stereocenters. The molecule has 0 radical (unpaired) electrons. The summed E-state index contributed by atoms with van der Waals surface area (Å²) in [5, 5.41) is -0.180. The van der Waals surface area contributed by atoms with Gasteiger partial charge in [0.2, 0.25) is 9.84 Å². The van der Waals surface area contributed by atoms with Gasteiger partial charge in [0, 0.05) is 6.20 Å². The van der Waals surface area contributed by atoms with Gasteiger partial charge in [-0.15, -0.1) is 0 Å². The molecule has 0 fully saturated rings. The molecule has 6 nitrogen and oxygen atoms in total. The first-order valence-corrected chi connectivity index (χ1v) is 10.9. The topological polar surface area (TPSA) is 86.1 Å². The van der Waals surface area contributed by atoms with Crippen LogP contribution < -0.4 is 0 Å². The number of nitrogens with zero attached hydrogens (tertiary/aromatic N) is 2. The average Bonchev–Trinajstić information content (AvgIpc) is 3.04. The molecule has 26 heavy (non-hydrogen) atoms. The number of benzene rings is 2. The van der Waals surface area contributed by atoms with E-state index < -0.39 is 19.7 Å². The predicted octanol–water partition coefficient (Wildman–Crippen LogP) is 2.76. The van der Waals surface area contributed by atoms with E-state index in [-0.39, 0.29) is 20.7 Å². The molecule has 0 aliphatic heterocycles. The quantitative estimate of drug-likeness (QED) is 0.669. The van der Waals surface area contributed by atoms with Crippen molar-refractivity contribution >= 4 is 19.7 Å². The minimum absolute atomic E-state index is 0.120. The Kier molecular flexibility index (Phi) is 4.72. The summed E-state index contributed by atoms with van der Waals surface area (Å²) < 4.78 is 51.4. The number of imidazole rings is 1. The number of hydrogen-bond donors (Lipinski definition) is 0. The van der Waals surface area contributed by atoms with Crippen LogP contribution in [0.4, 0.5) is 0 Å². The molecule has 8 heteroatoms. The van der Waals surface area contributed by atoms with Crippen LogP contribution in [-0.2, 0) is 25.6 Å². The highest BCUT2D eigenvalue weighted by molar-refractivity contribution is 7.91. The number of aromatic nitrogens is 2. The SMILES string of the molecule is Cc1ccc(S(=O)(=O)Cn2cnc(S(=O)(=O)c3ccc(C)cc3)c2)cc1. The summed E-state index contributed by atoms with van der Waals surface area (Å²) in [4.78, 5) is 4.19. The van der Waals surface area contributed by atoms with Gasteiger partial charge in [-0.05, 0) is 38.1 Å². The van der Waals surface area contributed by atoms with Gasteiger partial charge in [0.1, 0.15) is 5.88 Å². The second-order valence-corrected chi connectivity index (χ2v) is 9.96. The van der Waals surface area contributed by atoms with Crippen LogP contribution in [0.2, 0.25) is 0 Å². The molecule has 0 saturated carbocycles. The molecule has 0 saturated heterocycles. The lowest BCUT2D eigenvalue weighted by atomic mass is 10.2. The van der Waals surface area contributed by atoms with Crippen molar-refractivity contribution in [3.05, 3.63) is 72.2 Å². The van der Waals surface area contributed by atoms with E-state index in [2.05, 4.69) is 4.98 Å². The maximum absolute atomic E-state index is 12.6. The maximum Gasteiger partial charge on any atom is 0.225 e. The first-order chi connectivity index (χ1) is 12.2. The minimum Gasteiger partial charge on any atom is -0.321 e. The van der Waals surface area contributed by atoms with E-state index >= 15 is 0 Å².